The Kier molecular flexibility index (Phi) is 5.76. The first-order valence-electron chi connectivity index (χ1n) is 10.1. The van der Waals surface area contributed by atoms with Crippen LogP contribution in [0, 0.1) is 11.8 Å². The van der Waals surface area contributed by atoms with Crippen molar-refractivity contribution >= 4 is 5.91 Å². The van der Waals surface area contributed by atoms with E-state index >= 15 is 0 Å². The minimum atomic E-state index is -0.154. The summed E-state index contributed by atoms with van der Waals surface area (Å²) in [4.78, 5) is 17.2. The van der Waals surface area contributed by atoms with Crippen molar-refractivity contribution in [2.75, 3.05) is 32.7 Å². The number of carbonyl (C=O) groups is 1. The summed E-state index contributed by atoms with van der Waals surface area (Å²) in [5.41, 5.74) is 3.86. The molecule has 1 saturated heterocycles. The molecule has 2 aromatic rings. The Morgan fingerprint density at radius 2 is 1.68 bits per heavy atom. The maximum Gasteiger partial charge on any atom is 0.254 e. The van der Waals surface area contributed by atoms with Crippen LogP contribution in [0.1, 0.15) is 39.9 Å². The van der Waals surface area contributed by atoms with Crippen LogP contribution in [0.3, 0.4) is 0 Å². The van der Waals surface area contributed by atoms with Crippen molar-refractivity contribution in [3.63, 3.8) is 0 Å². The van der Waals surface area contributed by atoms with Gasteiger partial charge < -0.3 is 14.9 Å². The first-order chi connectivity index (χ1) is 13.7. The van der Waals surface area contributed by atoms with E-state index in [0.717, 1.165) is 74.2 Å². The molecule has 0 aromatic heterocycles. The van der Waals surface area contributed by atoms with Crippen LogP contribution in [0.4, 0.5) is 0 Å². The van der Waals surface area contributed by atoms with Crippen LogP contribution < -0.4 is 0 Å². The molecule has 0 saturated carbocycles. The number of aliphatic hydroxyl groups is 1. The number of fused-ring (bicyclic) bond motifs is 1. The molecule has 0 atom stereocenters. The van der Waals surface area contributed by atoms with Gasteiger partial charge >= 0.3 is 0 Å². The Hall–Kier alpha value is -2.61. The zero-order valence-electron chi connectivity index (χ0n) is 16.1. The van der Waals surface area contributed by atoms with E-state index in [1.807, 2.05) is 47.4 Å². The predicted molar refractivity (Wildman–Crippen MR) is 110 cm³/mol. The number of likely N-dealkylation sites (tertiary alicyclic amines) is 1. The molecule has 4 heteroatoms. The largest absolute Gasteiger partial charge is 0.393 e. The van der Waals surface area contributed by atoms with Crippen molar-refractivity contribution in [3.05, 3.63) is 70.8 Å². The number of hydrogen-bond donors (Lipinski definition) is 1. The summed E-state index contributed by atoms with van der Waals surface area (Å²) < 4.78 is 0. The standard InChI is InChI=1S/C24H26N2O2/c27-22-11-13-25(14-12-22)16-17-26-15-10-21-18-20(8-9-23(21)24(26)28)7-6-19-4-2-1-3-5-19/h1-5,8-9,18,22,27H,10-17H2. The van der Waals surface area contributed by atoms with E-state index in [-0.39, 0.29) is 12.0 Å². The molecule has 2 aromatic carbocycles. The fraction of sp³-hybridized carbons (Fsp3) is 0.375. The van der Waals surface area contributed by atoms with Gasteiger partial charge in [0.1, 0.15) is 0 Å². The van der Waals surface area contributed by atoms with E-state index in [9.17, 15) is 9.90 Å². The van der Waals surface area contributed by atoms with Crippen molar-refractivity contribution in [2.24, 2.45) is 0 Å². The Bertz CT molecular complexity index is 890. The topological polar surface area (TPSA) is 43.8 Å². The molecule has 2 heterocycles. The Morgan fingerprint density at radius 3 is 2.46 bits per heavy atom. The van der Waals surface area contributed by atoms with Crippen LogP contribution >= 0.6 is 0 Å². The molecule has 0 unspecified atom stereocenters. The Morgan fingerprint density at radius 1 is 0.929 bits per heavy atom. The monoisotopic (exact) mass is 374 g/mol. The molecule has 2 aliphatic heterocycles. The van der Waals surface area contributed by atoms with Crippen LogP contribution in [0.15, 0.2) is 48.5 Å². The molecule has 4 nitrogen and oxygen atoms in total. The lowest BCUT2D eigenvalue weighted by atomic mass is 9.96. The number of aliphatic hydroxyl groups excluding tert-OH is 1. The van der Waals surface area contributed by atoms with Crippen LogP contribution in [-0.2, 0) is 6.42 Å². The number of carbonyl (C=O) groups excluding carboxylic acids is 1. The summed E-state index contributed by atoms with van der Waals surface area (Å²) in [6.45, 7) is 4.24. The van der Waals surface area contributed by atoms with E-state index < -0.39 is 0 Å². The van der Waals surface area contributed by atoms with Gasteiger partial charge in [0, 0.05) is 49.4 Å². The van der Waals surface area contributed by atoms with Crippen molar-refractivity contribution in [1.82, 2.24) is 9.80 Å². The van der Waals surface area contributed by atoms with Crippen molar-refractivity contribution < 1.29 is 9.90 Å². The first-order valence-corrected chi connectivity index (χ1v) is 10.1. The zero-order valence-corrected chi connectivity index (χ0v) is 16.1. The van der Waals surface area contributed by atoms with Gasteiger partial charge in [-0.3, -0.25) is 4.79 Å². The van der Waals surface area contributed by atoms with Gasteiger partial charge in [-0.2, -0.15) is 0 Å². The number of hydrogen-bond acceptors (Lipinski definition) is 3. The molecule has 2 aliphatic rings. The molecule has 4 rings (SSSR count). The summed E-state index contributed by atoms with van der Waals surface area (Å²) >= 11 is 0. The second-order valence-corrected chi connectivity index (χ2v) is 7.60. The SMILES string of the molecule is O=C1c2ccc(C#Cc3ccccc3)cc2CCN1CCN1CCC(O)CC1. The van der Waals surface area contributed by atoms with Gasteiger partial charge in [0.25, 0.3) is 5.91 Å². The number of amides is 1. The molecule has 144 valence electrons. The van der Waals surface area contributed by atoms with Gasteiger partial charge in [-0.15, -0.1) is 0 Å². The number of piperidine rings is 1. The minimum absolute atomic E-state index is 0.126. The van der Waals surface area contributed by atoms with Crippen LogP contribution in [0.2, 0.25) is 0 Å². The van der Waals surface area contributed by atoms with Crippen LogP contribution in [0.5, 0.6) is 0 Å². The fourth-order valence-corrected chi connectivity index (χ4v) is 3.90. The van der Waals surface area contributed by atoms with Gasteiger partial charge in [-0.25, -0.2) is 0 Å². The zero-order chi connectivity index (χ0) is 19.3. The van der Waals surface area contributed by atoms with E-state index in [1.54, 1.807) is 0 Å². The smallest absolute Gasteiger partial charge is 0.254 e. The summed E-state index contributed by atoms with van der Waals surface area (Å²) in [6.07, 6.45) is 2.40. The van der Waals surface area contributed by atoms with Crippen molar-refractivity contribution in [2.45, 2.75) is 25.4 Å². The molecule has 28 heavy (non-hydrogen) atoms. The third-order valence-electron chi connectivity index (χ3n) is 5.64. The maximum absolute atomic E-state index is 12.9. The normalized spacial score (nSPS) is 17.8. The third-order valence-corrected chi connectivity index (χ3v) is 5.64. The van der Waals surface area contributed by atoms with Crippen LogP contribution in [0.25, 0.3) is 0 Å². The summed E-state index contributed by atoms with van der Waals surface area (Å²) in [7, 11) is 0. The molecule has 0 radical (unpaired) electrons. The van der Waals surface area contributed by atoms with Gasteiger partial charge in [-0.1, -0.05) is 30.0 Å². The molecule has 1 N–H and O–H groups in total. The fourth-order valence-electron chi connectivity index (χ4n) is 3.90. The van der Waals surface area contributed by atoms with Crippen LogP contribution in [-0.4, -0.2) is 59.6 Å². The first kappa shape index (κ1) is 18.7. The summed E-state index contributed by atoms with van der Waals surface area (Å²) in [6, 6.07) is 15.9. The molecular weight excluding hydrogens is 348 g/mol. The maximum atomic E-state index is 12.9. The highest BCUT2D eigenvalue weighted by molar-refractivity contribution is 5.97. The quantitative estimate of drug-likeness (QED) is 0.840. The predicted octanol–water partition coefficient (Wildman–Crippen LogP) is 2.54. The molecule has 1 fully saturated rings. The highest BCUT2D eigenvalue weighted by Crippen LogP contribution is 2.20. The lowest BCUT2D eigenvalue weighted by Gasteiger charge is -2.33. The summed E-state index contributed by atoms with van der Waals surface area (Å²) in [5, 5.41) is 9.62. The lowest BCUT2D eigenvalue weighted by Crippen LogP contribution is -2.44. The second kappa shape index (κ2) is 8.60. The van der Waals surface area contributed by atoms with E-state index in [1.165, 1.54) is 0 Å². The summed E-state index contributed by atoms with van der Waals surface area (Å²) in [5.74, 6) is 6.51. The van der Waals surface area contributed by atoms with Gasteiger partial charge in [0.05, 0.1) is 6.10 Å². The molecular formula is C24H26N2O2. The number of benzene rings is 2. The molecule has 0 aliphatic carbocycles. The minimum Gasteiger partial charge on any atom is -0.393 e. The third kappa shape index (κ3) is 4.44. The average Bonchev–Trinajstić information content (AvgIpc) is 2.74. The molecule has 0 bridgehead atoms. The van der Waals surface area contributed by atoms with E-state index in [4.69, 9.17) is 0 Å². The van der Waals surface area contributed by atoms with Gasteiger partial charge in [0.2, 0.25) is 0 Å². The highest BCUT2D eigenvalue weighted by atomic mass is 16.3. The van der Waals surface area contributed by atoms with Crippen molar-refractivity contribution in [1.29, 1.82) is 0 Å². The van der Waals surface area contributed by atoms with E-state index in [2.05, 4.69) is 22.8 Å². The average molecular weight is 374 g/mol. The van der Waals surface area contributed by atoms with E-state index in [0.29, 0.717) is 0 Å². The highest BCUT2D eigenvalue weighted by Gasteiger charge is 2.25. The molecule has 1 amide bonds. The Labute approximate surface area is 166 Å². The van der Waals surface area contributed by atoms with Gasteiger partial charge in [0.15, 0.2) is 0 Å². The van der Waals surface area contributed by atoms with Gasteiger partial charge in [-0.05, 0) is 55.2 Å². The number of rotatable bonds is 3. The number of nitrogens with zero attached hydrogens (tertiary/aromatic N) is 2. The van der Waals surface area contributed by atoms with Crippen molar-refractivity contribution in [3.8, 4) is 11.8 Å². The Balaban J connectivity index is 1.39. The molecule has 0 spiro atoms. The lowest BCUT2D eigenvalue weighted by molar-refractivity contribution is 0.0627. The second-order valence-electron chi connectivity index (χ2n) is 7.60.